The summed E-state index contributed by atoms with van der Waals surface area (Å²) in [6, 6.07) is 16.2. The lowest BCUT2D eigenvalue weighted by molar-refractivity contribution is 1.17. The van der Waals surface area contributed by atoms with Crippen molar-refractivity contribution in [2.75, 3.05) is 9.80 Å². The Bertz CT molecular complexity index is 7830. The molecule has 0 bridgehead atoms. The highest BCUT2D eigenvalue weighted by molar-refractivity contribution is 7.00. The normalized spacial score (nSPS) is 17.1. The molecule has 20 rings (SSSR count). The van der Waals surface area contributed by atoms with Gasteiger partial charge in [-0.05, 0) is 145 Å². The van der Waals surface area contributed by atoms with E-state index in [1.165, 1.54) is 21.9 Å². The van der Waals surface area contributed by atoms with E-state index in [4.69, 9.17) is 9.60 Å². The fourth-order valence-electron chi connectivity index (χ4n) is 14.2. The minimum absolute atomic E-state index is 0.0467. The highest BCUT2D eigenvalue weighted by Gasteiger charge is 2.46. The summed E-state index contributed by atoms with van der Waals surface area (Å²) in [6.45, 7) is -2.00. The van der Waals surface area contributed by atoms with Crippen molar-refractivity contribution < 1.29 is 48.0 Å². The standard InChI is InChI=1S/C96H63BN4/c1-8-28-64(29-9-1)71-50-56-88-82(58-71)80-42-22-24-48-86(80)98(88)74-52-54-84-90(62-74)100(95-76(67-34-14-4-15-35-67)44-26-45-77(95)68-36-16-5-17-37-68)92-60-73(66-32-12-3-13-33-66)61-93-94(92)97(84)85-55-53-75(99-87-49-25-23-43-81(87)83-59-72(51-57-89(83)99)65-30-10-2-11-31-65)63-91(85)101(93)96-78(69-38-18-6-19-39-69)46-27-47-79(96)70-40-20-7-21-41-70/h1-63H/i1D,2D,3D,8D,9D,10D,11D,12D,13D,22D,23D,24D,25D,28D,29D,30D,31D,32D,33D,42D,43D,48D,49D,50D,51D,52D,53D,54D,55D,56D,57D,58D,59D,62D,63D. The van der Waals surface area contributed by atoms with Crippen LogP contribution in [0.1, 0.15) is 48.0 Å². The molecule has 4 heterocycles. The molecule has 5 heteroatoms. The van der Waals surface area contributed by atoms with Gasteiger partial charge in [0.2, 0.25) is 0 Å². The molecule has 0 aliphatic carbocycles. The Morgan fingerprint density at radius 1 is 0.238 bits per heavy atom. The van der Waals surface area contributed by atoms with E-state index in [0.717, 1.165) is 9.13 Å². The van der Waals surface area contributed by atoms with E-state index in [1.807, 2.05) is 0 Å². The molecule has 2 aromatic heterocycles. The Hall–Kier alpha value is -13.2. The summed E-state index contributed by atoms with van der Waals surface area (Å²) < 4.78 is 346. The number of benzene rings is 16. The van der Waals surface area contributed by atoms with E-state index in [9.17, 15) is 38.4 Å². The monoisotopic (exact) mass is 1320 g/mol. The third-order valence-corrected chi connectivity index (χ3v) is 18.5. The molecule has 0 atom stereocenters. The Morgan fingerprint density at radius 2 is 0.574 bits per heavy atom. The molecule has 0 spiro atoms. The molecular weight excluding hydrogens is 1220 g/mol. The van der Waals surface area contributed by atoms with Gasteiger partial charge in [0.15, 0.2) is 0 Å². The predicted molar refractivity (Wildman–Crippen MR) is 427 cm³/mol. The van der Waals surface area contributed by atoms with Crippen LogP contribution >= 0.6 is 0 Å². The number of nitrogens with zero attached hydrogens (tertiary/aromatic N) is 4. The molecular formula is C96H63BN4. The molecule has 0 radical (unpaired) electrons. The van der Waals surface area contributed by atoms with Crippen LogP contribution in [0.15, 0.2) is 381 Å². The van der Waals surface area contributed by atoms with Gasteiger partial charge in [0.25, 0.3) is 6.71 Å². The summed E-state index contributed by atoms with van der Waals surface area (Å²) in [6.07, 6.45) is 0. The van der Waals surface area contributed by atoms with E-state index >= 15 is 0 Å². The van der Waals surface area contributed by atoms with Gasteiger partial charge in [0.1, 0.15) is 0 Å². The lowest BCUT2D eigenvalue weighted by atomic mass is 9.33. The molecule has 0 amide bonds. The number of para-hydroxylation sites is 4. The molecule has 2 aliphatic rings. The maximum absolute atomic E-state index is 11.8. The van der Waals surface area contributed by atoms with Crippen LogP contribution in [0.4, 0.5) is 34.1 Å². The molecule has 0 fully saturated rings. The first-order valence-electron chi connectivity index (χ1n) is 49.6. The fourth-order valence-corrected chi connectivity index (χ4v) is 14.2. The number of anilines is 6. The summed E-state index contributed by atoms with van der Waals surface area (Å²) >= 11 is 0. The molecule has 16 aromatic carbocycles. The van der Waals surface area contributed by atoms with Gasteiger partial charge in [-0.25, -0.2) is 0 Å². The number of rotatable bonds is 11. The summed E-state index contributed by atoms with van der Waals surface area (Å²) in [7, 11) is 0. The SMILES string of the molecule is [2H]c1c([2H])c([2H])c(-c2cc3c4c(c2)N(c2c(-c5ccccc5)cccc2-c2ccccc2)c2c([2H])c(-n5c6c([2H])c([2H])c([2H])c([2H])c6c6c([2H])c(-c7c([2H])c([2H])c([2H])c([2H])c7[2H])c([2H])c([2H])c65)c([2H])c([2H])c2B4c2c([2H])c([2H])c(-n4c5c([2H])c([2H])c([2H])c([2H])c5c5c([2H])c(-c6c([2H])c([2H])c([2H])c([2H])c6[2H])c([2H])c([2H])c54)c([2H])c2N3c2c(-c3ccccc3)cccc2-c2ccccc2)c([2H])c1[2H]. The Morgan fingerprint density at radius 3 is 0.950 bits per heavy atom. The van der Waals surface area contributed by atoms with E-state index in [-0.39, 0.29) is 33.8 Å². The van der Waals surface area contributed by atoms with E-state index < -0.39 is 323 Å². The van der Waals surface area contributed by atoms with Crippen molar-refractivity contribution in [2.45, 2.75) is 0 Å². The van der Waals surface area contributed by atoms with Crippen molar-refractivity contribution in [1.82, 2.24) is 9.13 Å². The quantitative estimate of drug-likeness (QED) is 0.120. The van der Waals surface area contributed by atoms with Crippen LogP contribution in [0.5, 0.6) is 0 Å². The van der Waals surface area contributed by atoms with Crippen LogP contribution < -0.4 is 26.2 Å². The van der Waals surface area contributed by atoms with E-state index in [0.29, 0.717) is 44.5 Å². The summed E-state index contributed by atoms with van der Waals surface area (Å²) in [5, 5.41) is -2.47. The van der Waals surface area contributed by atoms with Crippen molar-refractivity contribution >= 4 is 101 Å². The highest BCUT2D eigenvalue weighted by atomic mass is 15.2. The first-order chi connectivity index (χ1) is 64.7. The number of hydrogen-bond donors (Lipinski definition) is 0. The van der Waals surface area contributed by atoms with Crippen LogP contribution in [0.2, 0.25) is 0 Å². The smallest absolute Gasteiger partial charge is 0.252 e. The lowest BCUT2D eigenvalue weighted by Crippen LogP contribution is -2.61. The van der Waals surface area contributed by atoms with Crippen LogP contribution in [0, 0.1) is 0 Å². The predicted octanol–water partition coefficient (Wildman–Crippen LogP) is 23.6. The lowest BCUT2D eigenvalue weighted by Gasteiger charge is -2.46. The Labute approximate surface area is 636 Å². The average Bonchev–Trinajstić information content (AvgIpc) is 0.917. The van der Waals surface area contributed by atoms with Gasteiger partial charge in [-0.15, -0.1) is 0 Å². The van der Waals surface area contributed by atoms with Crippen molar-refractivity contribution in [2.24, 2.45) is 0 Å². The van der Waals surface area contributed by atoms with Crippen molar-refractivity contribution in [1.29, 1.82) is 0 Å². The summed E-state index contributed by atoms with van der Waals surface area (Å²) in [4.78, 5) is 3.07. The second-order valence-electron chi connectivity index (χ2n) is 23.9. The van der Waals surface area contributed by atoms with Crippen LogP contribution in [-0.4, -0.2) is 15.8 Å². The molecule has 0 unspecified atom stereocenters. The summed E-state index contributed by atoms with van der Waals surface area (Å²) in [5.74, 6) is 0. The Balaban J connectivity index is 1.05. The maximum atomic E-state index is 11.8. The van der Waals surface area contributed by atoms with Gasteiger partial charge in [-0.3, -0.25) is 0 Å². The topological polar surface area (TPSA) is 16.3 Å². The zero-order valence-corrected chi connectivity index (χ0v) is 52.5. The zero-order chi connectivity index (χ0) is 96.9. The number of aromatic nitrogens is 2. The first-order valence-corrected chi connectivity index (χ1v) is 32.1. The second kappa shape index (κ2) is 23.8. The fraction of sp³-hybridized carbons (Fsp3) is 0. The van der Waals surface area contributed by atoms with Crippen molar-refractivity contribution in [3.8, 4) is 89.3 Å². The van der Waals surface area contributed by atoms with E-state index in [1.54, 1.807) is 158 Å². The van der Waals surface area contributed by atoms with Gasteiger partial charge in [0.05, 0.1) is 81.4 Å². The first kappa shape index (κ1) is 32.9. The minimum atomic E-state index is -2.00. The molecule has 0 N–H and O–H groups in total. The highest BCUT2D eigenvalue weighted by Crippen LogP contribution is 2.54. The average molecular weight is 1320 g/mol. The van der Waals surface area contributed by atoms with Crippen molar-refractivity contribution in [3.63, 3.8) is 0 Å². The van der Waals surface area contributed by atoms with Crippen LogP contribution in [0.3, 0.4) is 0 Å². The third-order valence-electron chi connectivity index (χ3n) is 18.5. The van der Waals surface area contributed by atoms with E-state index in [2.05, 4.69) is 0 Å². The van der Waals surface area contributed by atoms with Crippen LogP contribution in [0.25, 0.3) is 133 Å². The zero-order valence-electron chi connectivity index (χ0n) is 87.5. The minimum Gasteiger partial charge on any atom is -0.310 e. The molecule has 2 aliphatic heterocycles. The number of fused-ring (bicyclic) bond motifs is 10. The second-order valence-corrected chi connectivity index (χ2v) is 23.9. The van der Waals surface area contributed by atoms with Gasteiger partial charge in [0, 0.05) is 77.9 Å². The molecule has 0 saturated carbocycles. The van der Waals surface area contributed by atoms with Gasteiger partial charge in [-0.1, -0.05) is 309 Å². The maximum Gasteiger partial charge on any atom is 0.252 e. The molecule has 18 aromatic rings. The van der Waals surface area contributed by atoms with Gasteiger partial charge in [-0.2, -0.15) is 0 Å². The summed E-state index contributed by atoms with van der Waals surface area (Å²) in [5.41, 5.74) is -7.06. The largest absolute Gasteiger partial charge is 0.310 e. The molecule has 470 valence electrons. The molecule has 0 saturated heterocycles. The van der Waals surface area contributed by atoms with Gasteiger partial charge >= 0.3 is 0 Å². The Kier molecular flexibility index (Phi) is 7.75. The van der Waals surface area contributed by atoms with Crippen molar-refractivity contribution in [3.05, 3.63) is 381 Å². The van der Waals surface area contributed by atoms with Crippen LogP contribution in [-0.2, 0) is 0 Å². The molecule has 4 nitrogen and oxygen atoms in total. The number of hydrogen-bond acceptors (Lipinski definition) is 2. The van der Waals surface area contributed by atoms with Gasteiger partial charge < -0.3 is 18.9 Å². The molecule has 101 heavy (non-hydrogen) atoms. The third kappa shape index (κ3) is 9.46.